The third kappa shape index (κ3) is 5.47. The molecule has 1 unspecified atom stereocenters. The van der Waals surface area contributed by atoms with Gasteiger partial charge in [-0.3, -0.25) is 4.79 Å². The van der Waals surface area contributed by atoms with E-state index in [9.17, 15) is 9.90 Å². The van der Waals surface area contributed by atoms with Gasteiger partial charge in [-0.25, -0.2) is 0 Å². The van der Waals surface area contributed by atoms with E-state index in [1.165, 1.54) is 11.1 Å². The molecule has 2 heteroatoms. The largest absolute Gasteiger partial charge is 0.393 e. The van der Waals surface area contributed by atoms with E-state index >= 15 is 0 Å². The summed E-state index contributed by atoms with van der Waals surface area (Å²) in [6.07, 6.45) is 11.5. The van der Waals surface area contributed by atoms with Crippen molar-refractivity contribution >= 4 is 5.78 Å². The highest BCUT2D eigenvalue weighted by Gasteiger charge is 2.31. The Morgan fingerprint density at radius 3 is 2.62 bits per heavy atom. The van der Waals surface area contributed by atoms with Crippen LogP contribution in [0.15, 0.2) is 47.1 Å². The summed E-state index contributed by atoms with van der Waals surface area (Å²) < 4.78 is 0. The minimum absolute atomic E-state index is 0.00649. The van der Waals surface area contributed by atoms with Crippen LogP contribution in [0.1, 0.15) is 53.9 Å². The first kappa shape index (κ1) is 17.6. The first-order valence-electron chi connectivity index (χ1n) is 7.70. The Morgan fingerprint density at radius 1 is 1.38 bits per heavy atom. The second-order valence-corrected chi connectivity index (χ2v) is 6.56. The molecule has 0 heterocycles. The third-order valence-corrected chi connectivity index (χ3v) is 3.98. The minimum atomic E-state index is -0.225. The Kier molecular flexibility index (Phi) is 6.35. The summed E-state index contributed by atoms with van der Waals surface area (Å²) in [5.74, 6) is 0.143. The van der Waals surface area contributed by atoms with Crippen LogP contribution in [0.25, 0.3) is 0 Å². The van der Waals surface area contributed by atoms with Gasteiger partial charge in [-0.1, -0.05) is 56.2 Å². The molecule has 0 aromatic heterocycles. The fraction of sp³-hybridized carbons (Fsp3) is 0.526. The van der Waals surface area contributed by atoms with Crippen molar-refractivity contribution in [3.05, 3.63) is 47.1 Å². The van der Waals surface area contributed by atoms with Crippen LogP contribution in [-0.2, 0) is 4.79 Å². The molecule has 0 aromatic rings. The first-order valence-corrected chi connectivity index (χ1v) is 7.70. The summed E-state index contributed by atoms with van der Waals surface area (Å²) in [5.41, 5.74) is 3.69. The summed E-state index contributed by atoms with van der Waals surface area (Å²) in [4.78, 5) is 11.2. The normalized spacial score (nSPS) is 23.3. The quantitative estimate of drug-likeness (QED) is 0.596. The average molecular weight is 288 g/mol. The van der Waals surface area contributed by atoms with Gasteiger partial charge < -0.3 is 5.11 Å². The molecule has 2 nitrogen and oxygen atoms in total. The molecule has 0 saturated carbocycles. The highest BCUT2D eigenvalue weighted by molar-refractivity contribution is 5.89. The van der Waals surface area contributed by atoms with Crippen LogP contribution in [-0.4, -0.2) is 17.0 Å². The van der Waals surface area contributed by atoms with Crippen molar-refractivity contribution in [2.45, 2.75) is 60.0 Å². The predicted molar refractivity (Wildman–Crippen MR) is 89.1 cm³/mol. The molecule has 0 saturated heterocycles. The van der Waals surface area contributed by atoms with Crippen molar-refractivity contribution in [2.75, 3.05) is 0 Å². The summed E-state index contributed by atoms with van der Waals surface area (Å²) in [6, 6.07) is 0. The number of aliphatic hydroxyl groups excluding tert-OH is 1. The number of hydrogen-bond acceptors (Lipinski definition) is 2. The second-order valence-electron chi connectivity index (χ2n) is 6.56. The summed E-state index contributed by atoms with van der Waals surface area (Å²) in [5, 5.41) is 9.89. The number of ketones is 1. The zero-order valence-corrected chi connectivity index (χ0v) is 13.9. The van der Waals surface area contributed by atoms with E-state index in [0.717, 1.165) is 18.4 Å². The fourth-order valence-electron chi connectivity index (χ4n) is 2.88. The molecule has 0 spiro atoms. The van der Waals surface area contributed by atoms with Crippen molar-refractivity contribution < 1.29 is 9.90 Å². The highest BCUT2D eigenvalue weighted by Crippen LogP contribution is 2.40. The first-order chi connectivity index (χ1) is 9.76. The van der Waals surface area contributed by atoms with Crippen LogP contribution in [0.3, 0.4) is 0 Å². The second kappa shape index (κ2) is 7.56. The van der Waals surface area contributed by atoms with E-state index < -0.39 is 0 Å². The molecule has 0 aliphatic heterocycles. The predicted octanol–water partition coefficient (Wildman–Crippen LogP) is 4.52. The summed E-state index contributed by atoms with van der Waals surface area (Å²) in [6.45, 7) is 10.3. The van der Waals surface area contributed by atoms with Gasteiger partial charge in [0.1, 0.15) is 0 Å². The summed E-state index contributed by atoms with van der Waals surface area (Å²) >= 11 is 0. The van der Waals surface area contributed by atoms with Crippen molar-refractivity contribution in [3.63, 3.8) is 0 Å². The van der Waals surface area contributed by atoms with Gasteiger partial charge in [0.15, 0.2) is 5.78 Å². The van der Waals surface area contributed by atoms with Crippen molar-refractivity contribution in [1.82, 2.24) is 0 Å². The molecule has 0 aromatic carbocycles. The number of hydrogen-bond donors (Lipinski definition) is 1. The molecule has 1 rings (SSSR count). The molecule has 21 heavy (non-hydrogen) atoms. The maximum atomic E-state index is 11.2. The SMILES string of the molecule is CCC(=O)/C=C/C=C(C)/C=C/C1=C(C)CC(O)CC1(C)C. The molecule has 116 valence electrons. The lowest BCUT2D eigenvalue weighted by molar-refractivity contribution is -0.114. The Labute approximate surface area is 128 Å². The van der Waals surface area contributed by atoms with Crippen LogP contribution >= 0.6 is 0 Å². The Balaban J connectivity index is 2.84. The zero-order valence-electron chi connectivity index (χ0n) is 13.9. The van der Waals surface area contributed by atoms with Gasteiger partial charge in [0.05, 0.1) is 6.10 Å². The van der Waals surface area contributed by atoms with E-state index in [1.807, 2.05) is 26.0 Å². The lowest BCUT2D eigenvalue weighted by atomic mass is 9.71. The Bertz CT molecular complexity index is 502. The van der Waals surface area contributed by atoms with Crippen LogP contribution in [0.5, 0.6) is 0 Å². The van der Waals surface area contributed by atoms with Crippen LogP contribution < -0.4 is 0 Å². The van der Waals surface area contributed by atoms with Gasteiger partial charge in [0.2, 0.25) is 0 Å². The monoisotopic (exact) mass is 288 g/mol. The molecule has 1 N–H and O–H groups in total. The Hall–Kier alpha value is -1.41. The van der Waals surface area contributed by atoms with E-state index in [1.54, 1.807) is 6.08 Å². The molecule has 0 amide bonds. The third-order valence-electron chi connectivity index (χ3n) is 3.98. The number of allylic oxidation sites excluding steroid dienone is 7. The number of rotatable bonds is 5. The van der Waals surface area contributed by atoms with Gasteiger partial charge in [0.25, 0.3) is 0 Å². The Morgan fingerprint density at radius 2 is 2.05 bits per heavy atom. The van der Waals surface area contributed by atoms with Crippen LogP contribution in [0.2, 0.25) is 0 Å². The van der Waals surface area contributed by atoms with Gasteiger partial charge >= 0.3 is 0 Å². The fourth-order valence-corrected chi connectivity index (χ4v) is 2.88. The number of aliphatic hydroxyl groups is 1. The number of carbonyl (C=O) groups excluding carboxylic acids is 1. The van der Waals surface area contributed by atoms with E-state index in [2.05, 4.69) is 32.9 Å². The number of carbonyl (C=O) groups is 1. The van der Waals surface area contributed by atoms with Gasteiger partial charge in [-0.05, 0) is 43.8 Å². The molecule has 0 fully saturated rings. The molecule has 1 aliphatic rings. The lowest BCUT2D eigenvalue weighted by Crippen LogP contribution is -2.28. The molecular weight excluding hydrogens is 260 g/mol. The topological polar surface area (TPSA) is 37.3 Å². The van der Waals surface area contributed by atoms with E-state index in [-0.39, 0.29) is 17.3 Å². The smallest absolute Gasteiger partial charge is 0.155 e. The lowest BCUT2D eigenvalue weighted by Gasteiger charge is -2.35. The highest BCUT2D eigenvalue weighted by atomic mass is 16.3. The molecular formula is C19H28O2. The van der Waals surface area contributed by atoms with Gasteiger partial charge in [0, 0.05) is 6.42 Å². The average Bonchev–Trinajstić information content (AvgIpc) is 2.36. The molecule has 0 bridgehead atoms. The van der Waals surface area contributed by atoms with Gasteiger partial charge in [-0.15, -0.1) is 0 Å². The molecule has 1 atom stereocenters. The maximum absolute atomic E-state index is 11.2. The van der Waals surface area contributed by atoms with Gasteiger partial charge in [-0.2, -0.15) is 0 Å². The van der Waals surface area contributed by atoms with Crippen molar-refractivity contribution in [3.8, 4) is 0 Å². The van der Waals surface area contributed by atoms with E-state index in [4.69, 9.17) is 0 Å². The minimum Gasteiger partial charge on any atom is -0.393 e. The van der Waals surface area contributed by atoms with Crippen LogP contribution in [0.4, 0.5) is 0 Å². The van der Waals surface area contributed by atoms with Crippen LogP contribution in [0, 0.1) is 5.41 Å². The summed E-state index contributed by atoms with van der Waals surface area (Å²) in [7, 11) is 0. The molecule has 0 radical (unpaired) electrons. The molecule has 1 aliphatic carbocycles. The van der Waals surface area contributed by atoms with Crippen molar-refractivity contribution in [1.29, 1.82) is 0 Å². The maximum Gasteiger partial charge on any atom is 0.155 e. The van der Waals surface area contributed by atoms with E-state index in [0.29, 0.717) is 6.42 Å². The standard InChI is InChI=1S/C19H28O2/c1-6-16(20)9-7-8-14(2)10-11-18-15(3)12-17(21)13-19(18,4)5/h7-11,17,21H,6,12-13H2,1-5H3/b9-7+,11-10+,14-8+. The zero-order chi connectivity index (χ0) is 16.0. The van der Waals surface area contributed by atoms with Crippen molar-refractivity contribution in [2.24, 2.45) is 5.41 Å².